The molecule has 0 fully saturated rings. The van der Waals surface area contributed by atoms with Gasteiger partial charge in [-0.05, 0) is 19.2 Å². The average Bonchev–Trinajstić information content (AvgIpc) is 1.35. The summed E-state index contributed by atoms with van der Waals surface area (Å²) in [6, 6.07) is 0. The molecular formula is C4H7NS. The molecule has 0 atom stereocenters. The highest BCUT2D eigenvalue weighted by Crippen LogP contribution is 1.71. The van der Waals surface area contributed by atoms with Gasteiger partial charge in [0.05, 0.1) is 0 Å². The van der Waals surface area contributed by atoms with Crippen molar-refractivity contribution in [3.63, 3.8) is 0 Å². The minimum Gasteiger partial charge on any atom is -0.405 e. The fraction of sp³-hybridized carbons (Fsp3) is 0.250. The van der Waals surface area contributed by atoms with Gasteiger partial charge >= 0.3 is 0 Å². The van der Waals surface area contributed by atoms with Gasteiger partial charge in [-0.3, -0.25) is 0 Å². The Morgan fingerprint density at radius 2 is 2.33 bits per heavy atom. The van der Waals surface area contributed by atoms with Gasteiger partial charge in [-0.1, -0.05) is 12.2 Å². The highest BCUT2D eigenvalue weighted by molar-refractivity contribution is 7.80. The van der Waals surface area contributed by atoms with E-state index in [2.05, 4.69) is 12.2 Å². The minimum atomic E-state index is 0.817. The Balaban J connectivity index is 3.30. The van der Waals surface area contributed by atoms with Crippen molar-refractivity contribution in [2.75, 3.05) is 0 Å². The molecule has 0 saturated heterocycles. The second-order valence-electron chi connectivity index (χ2n) is 0.970. The van der Waals surface area contributed by atoms with Crippen LogP contribution in [0.5, 0.6) is 0 Å². The Labute approximate surface area is 42.8 Å². The molecule has 1 nitrogen and oxygen atoms in total. The van der Waals surface area contributed by atoms with Gasteiger partial charge in [-0.15, -0.1) is 0 Å². The molecule has 2 N–H and O–H groups in total. The molecule has 0 amide bonds. The van der Waals surface area contributed by atoms with Crippen LogP contribution in [-0.4, -0.2) is 4.86 Å². The van der Waals surface area contributed by atoms with Crippen molar-refractivity contribution in [1.29, 1.82) is 0 Å². The fourth-order valence-electron chi connectivity index (χ4n) is 0.136. The summed E-state index contributed by atoms with van der Waals surface area (Å²) in [5.74, 6) is 0. The van der Waals surface area contributed by atoms with Crippen LogP contribution in [0.2, 0.25) is 0 Å². The second-order valence-corrected chi connectivity index (χ2v) is 1.61. The number of allylic oxidation sites excluding steroid dienone is 1. The molecule has 0 unspecified atom stereocenters. The molecule has 0 aliphatic carbocycles. The molecule has 0 spiro atoms. The molecule has 0 radical (unpaired) electrons. The molecule has 0 rings (SSSR count). The Morgan fingerprint density at radius 3 is 2.33 bits per heavy atom. The van der Waals surface area contributed by atoms with Gasteiger partial charge in [-0.25, -0.2) is 0 Å². The first kappa shape index (κ1) is 5.63. The zero-order valence-corrected chi connectivity index (χ0v) is 4.46. The molecule has 0 aromatic rings. The highest BCUT2D eigenvalue weighted by Gasteiger charge is 1.67. The van der Waals surface area contributed by atoms with Crippen LogP contribution < -0.4 is 5.73 Å². The van der Waals surface area contributed by atoms with Crippen LogP contribution in [0.25, 0.3) is 0 Å². The van der Waals surface area contributed by atoms with Gasteiger partial charge in [0, 0.05) is 4.86 Å². The molecule has 0 heterocycles. The lowest BCUT2D eigenvalue weighted by Crippen LogP contribution is -1.80. The summed E-state index contributed by atoms with van der Waals surface area (Å²) in [6.45, 7) is 1.82. The summed E-state index contributed by atoms with van der Waals surface area (Å²) in [5, 5.41) is 0. The van der Waals surface area contributed by atoms with Crippen LogP contribution in [-0.2, 0) is 0 Å². The van der Waals surface area contributed by atoms with E-state index in [0.29, 0.717) is 0 Å². The van der Waals surface area contributed by atoms with Gasteiger partial charge in [0.2, 0.25) is 0 Å². The molecule has 0 aromatic carbocycles. The third-order valence-corrected chi connectivity index (χ3v) is 0.467. The van der Waals surface area contributed by atoms with Crippen molar-refractivity contribution in [2.45, 2.75) is 6.92 Å². The molecule has 0 aliphatic rings. The smallest absolute Gasteiger partial charge is 0.0135 e. The summed E-state index contributed by atoms with van der Waals surface area (Å²) in [7, 11) is 0. The monoisotopic (exact) mass is 101 g/mol. The minimum absolute atomic E-state index is 0.817. The first-order valence-electron chi connectivity index (χ1n) is 1.66. The summed E-state index contributed by atoms with van der Waals surface area (Å²) in [4.78, 5) is 0.817. The highest BCUT2D eigenvalue weighted by atomic mass is 32.1. The molecular weight excluding hydrogens is 94.1 g/mol. The number of nitrogens with two attached hydrogens (primary N) is 1. The van der Waals surface area contributed by atoms with Crippen molar-refractivity contribution >= 4 is 17.1 Å². The maximum Gasteiger partial charge on any atom is 0.0135 e. The average molecular weight is 101 g/mol. The zero-order chi connectivity index (χ0) is 4.99. The lowest BCUT2D eigenvalue weighted by molar-refractivity contribution is 1.62. The molecule has 34 valence electrons. The number of hydrogen-bond donors (Lipinski definition) is 1. The summed E-state index contributed by atoms with van der Waals surface area (Å²) >= 11 is 4.63. The van der Waals surface area contributed by atoms with E-state index in [9.17, 15) is 0 Å². The largest absolute Gasteiger partial charge is 0.405 e. The van der Waals surface area contributed by atoms with Gasteiger partial charge in [0.15, 0.2) is 0 Å². The van der Waals surface area contributed by atoms with Gasteiger partial charge in [-0.2, -0.15) is 0 Å². The van der Waals surface area contributed by atoms with Crippen molar-refractivity contribution < 1.29 is 0 Å². The van der Waals surface area contributed by atoms with Gasteiger partial charge < -0.3 is 5.73 Å². The van der Waals surface area contributed by atoms with Crippen LogP contribution >= 0.6 is 12.2 Å². The SMILES string of the molecule is CC(=S)C=CN. The van der Waals surface area contributed by atoms with E-state index in [1.54, 1.807) is 6.08 Å². The Hall–Kier alpha value is -0.370. The standard InChI is InChI=1S/C4H7NS/c1-4(6)2-3-5/h2-3H,5H2,1H3. The predicted octanol–water partition coefficient (Wildman–Crippen LogP) is 0.849. The maximum absolute atomic E-state index is 4.96. The van der Waals surface area contributed by atoms with E-state index < -0.39 is 0 Å². The van der Waals surface area contributed by atoms with E-state index in [0.717, 1.165) is 4.86 Å². The lowest BCUT2D eigenvalue weighted by Gasteiger charge is -1.73. The van der Waals surface area contributed by atoms with Crippen LogP contribution in [0.15, 0.2) is 12.3 Å². The topological polar surface area (TPSA) is 26.0 Å². The number of rotatable bonds is 1. The Bertz CT molecular complexity index is 75.6. The summed E-state index contributed by atoms with van der Waals surface area (Å²) in [5.41, 5.74) is 4.96. The van der Waals surface area contributed by atoms with Gasteiger partial charge in [0.25, 0.3) is 0 Å². The molecule has 2 heteroatoms. The Kier molecular flexibility index (Phi) is 2.67. The predicted molar refractivity (Wildman–Crippen MR) is 31.6 cm³/mol. The van der Waals surface area contributed by atoms with E-state index in [-0.39, 0.29) is 0 Å². The van der Waals surface area contributed by atoms with Crippen LogP contribution in [0, 0.1) is 0 Å². The molecule has 0 saturated carbocycles. The first-order chi connectivity index (χ1) is 2.77. The van der Waals surface area contributed by atoms with E-state index in [4.69, 9.17) is 5.73 Å². The summed E-state index contributed by atoms with van der Waals surface area (Å²) < 4.78 is 0. The van der Waals surface area contributed by atoms with E-state index in [1.807, 2.05) is 6.92 Å². The third-order valence-electron chi connectivity index (χ3n) is 0.331. The molecule has 6 heavy (non-hydrogen) atoms. The van der Waals surface area contributed by atoms with Crippen LogP contribution in [0.4, 0.5) is 0 Å². The summed E-state index contributed by atoms with van der Waals surface area (Å²) in [6.07, 6.45) is 3.11. The quantitative estimate of drug-likeness (QED) is 0.391. The van der Waals surface area contributed by atoms with Crippen LogP contribution in [0.1, 0.15) is 6.92 Å². The number of hydrogen-bond acceptors (Lipinski definition) is 2. The third kappa shape index (κ3) is 3.63. The molecule has 0 aliphatic heterocycles. The first-order valence-corrected chi connectivity index (χ1v) is 2.07. The Morgan fingerprint density at radius 1 is 1.83 bits per heavy atom. The van der Waals surface area contributed by atoms with Crippen molar-refractivity contribution in [1.82, 2.24) is 0 Å². The number of thiocarbonyl (C=S) groups is 1. The van der Waals surface area contributed by atoms with Crippen molar-refractivity contribution in [2.24, 2.45) is 5.73 Å². The van der Waals surface area contributed by atoms with Crippen LogP contribution in [0.3, 0.4) is 0 Å². The zero-order valence-electron chi connectivity index (χ0n) is 3.64. The van der Waals surface area contributed by atoms with E-state index >= 15 is 0 Å². The molecule has 0 aromatic heterocycles. The normalized spacial score (nSPS) is 9.50. The van der Waals surface area contributed by atoms with Crippen molar-refractivity contribution in [3.05, 3.63) is 12.3 Å². The second kappa shape index (κ2) is 2.85. The molecule has 0 bridgehead atoms. The lowest BCUT2D eigenvalue weighted by atomic mass is 10.5. The fourth-order valence-corrected chi connectivity index (χ4v) is 0.214. The van der Waals surface area contributed by atoms with Crippen molar-refractivity contribution in [3.8, 4) is 0 Å². The van der Waals surface area contributed by atoms with E-state index in [1.165, 1.54) is 6.20 Å². The van der Waals surface area contributed by atoms with Gasteiger partial charge in [0.1, 0.15) is 0 Å². The maximum atomic E-state index is 4.96.